The number of piperidine rings is 1. The summed E-state index contributed by atoms with van der Waals surface area (Å²) in [5.74, 6) is 0.232. The largest absolute Gasteiger partial charge is 0.444 e. The van der Waals surface area contributed by atoms with Crippen LogP contribution in [0.5, 0.6) is 0 Å². The van der Waals surface area contributed by atoms with E-state index in [1.165, 1.54) is 6.42 Å². The molecule has 6 nitrogen and oxygen atoms in total. The summed E-state index contributed by atoms with van der Waals surface area (Å²) >= 11 is 0. The van der Waals surface area contributed by atoms with Gasteiger partial charge in [-0.25, -0.2) is 4.79 Å². The van der Waals surface area contributed by atoms with Gasteiger partial charge >= 0.3 is 6.09 Å². The van der Waals surface area contributed by atoms with Crippen LogP contribution in [0.25, 0.3) is 0 Å². The van der Waals surface area contributed by atoms with E-state index in [4.69, 9.17) is 4.74 Å². The molecule has 2 heterocycles. The van der Waals surface area contributed by atoms with Crippen LogP contribution in [-0.2, 0) is 9.53 Å². The quantitative estimate of drug-likeness (QED) is 0.778. The van der Waals surface area contributed by atoms with Gasteiger partial charge in [0.15, 0.2) is 0 Å². The summed E-state index contributed by atoms with van der Waals surface area (Å²) in [6.07, 6.45) is 2.99. The number of carbonyl (C=O) groups is 2. The number of rotatable bonds is 2. The predicted octanol–water partition coefficient (Wildman–Crippen LogP) is 1.94. The van der Waals surface area contributed by atoms with Gasteiger partial charge in [-0.05, 0) is 46.7 Å². The maximum atomic E-state index is 12.8. The Morgan fingerprint density at radius 2 is 1.61 bits per heavy atom. The second-order valence-corrected chi connectivity index (χ2v) is 7.43. The van der Waals surface area contributed by atoms with E-state index in [1.54, 1.807) is 4.90 Å². The first-order chi connectivity index (χ1) is 10.8. The molecule has 6 heteroatoms. The van der Waals surface area contributed by atoms with E-state index in [0.29, 0.717) is 26.2 Å². The van der Waals surface area contributed by atoms with Crippen molar-refractivity contribution >= 4 is 12.0 Å². The van der Waals surface area contributed by atoms with Gasteiger partial charge in [-0.3, -0.25) is 9.69 Å². The Kier molecular flexibility index (Phi) is 5.89. The van der Waals surface area contributed by atoms with Crippen molar-refractivity contribution in [3.63, 3.8) is 0 Å². The number of hydrogen-bond donors (Lipinski definition) is 0. The molecule has 132 valence electrons. The van der Waals surface area contributed by atoms with Crippen LogP contribution in [-0.4, -0.2) is 77.6 Å². The zero-order chi connectivity index (χ0) is 17.0. The average Bonchev–Trinajstić information content (AvgIpc) is 2.52. The van der Waals surface area contributed by atoms with Gasteiger partial charge in [0.1, 0.15) is 5.60 Å². The van der Waals surface area contributed by atoms with E-state index in [-0.39, 0.29) is 18.0 Å². The lowest BCUT2D eigenvalue weighted by molar-refractivity contribution is -0.140. The molecule has 0 saturated carbocycles. The second kappa shape index (κ2) is 7.51. The zero-order valence-electron chi connectivity index (χ0n) is 15.0. The lowest BCUT2D eigenvalue weighted by Gasteiger charge is -2.40. The van der Waals surface area contributed by atoms with Crippen molar-refractivity contribution < 1.29 is 14.3 Å². The van der Waals surface area contributed by atoms with E-state index < -0.39 is 5.60 Å². The van der Waals surface area contributed by atoms with Gasteiger partial charge in [0, 0.05) is 26.2 Å². The maximum Gasteiger partial charge on any atom is 0.410 e. The number of hydrogen-bond acceptors (Lipinski definition) is 4. The molecule has 1 unspecified atom stereocenters. The minimum absolute atomic E-state index is 0.0295. The number of nitrogens with zero attached hydrogens (tertiary/aromatic N) is 3. The molecule has 23 heavy (non-hydrogen) atoms. The van der Waals surface area contributed by atoms with Crippen LogP contribution in [0.4, 0.5) is 4.79 Å². The highest BCUT2D eigenvalue weighted by molar-refractivity contribution is 5.82. The van der Waals surface area contributed by atoms with Gasteiger partial charge in [-0.1, -0.05) is 13.3 Å². The second-order valence-electron chi connectivity index (χ2n) is 7.43. The summed E-state index contributed by atoms with van der Waals surface area (Å²) < 4.78 is 5.40. The minimum Gasteiger partial charge on any atom is -0.444 e. The fraction of sp³-hybridized carbons (Fsp3) is 0.882. The number of amides is 2. The van der Waals surface area contributed by atoms with Crippen molar-refractivity contribution in [3.8, 4) is 0 Å². The molecule has 1 atom stereocenters. The van der Waals surface area contributed by atoms with Gasteiger partial charge in [0.25, 0.3) is 0 Å². The van der Waals surface area contributed by atoms with E-state index in [1.807, 2.05) is 25.7 Å². The van der Waals surface area contributed by atoms with Crippen LogP contribution in [0.2, 0.25) is 0 Å². The highest BCUT2D eigenvalue weighted by Crippen LogP contribution is 2.20. The SMILES string of the molecule is CCN1CCCCC1C(=O)N1CCN(C(=O)OC(C)(C)C)CC1. The summed E-state index contributed by atoms with van der Waals surface area (Å²) in [5.41, 5.74) is -0.478. The minimum atomic E-state index is -0.478. The topological polar surface area (TPSA) is 53.1 Å². The number of piperazine rings is 1. The first kappa shape index (κ1) is 18.0. The Labute approximate surface area is 139 Å². The molecule has 0 aromatic carbocycles. The smallest absolute Gasteiger partial charge is 0.410 e. The molecule has 2 amide bonds. The summed E-state index contributed by atoms with van der Waals surface area (Å²) in [5, 5.41) is 0. The highest BCUT2D eigenvalue weighted by Gasteiger charge is 2.34. The molecule has 0 bridgehead atoms. The number of likely N-dealkylation sites (tertiary alicyclic amines) is 1. The van der Waals surface area contributed by atoms with Crippen molar-refractivity contribution in [1.29, 1.82) is 0 Å². The third-order valence-corrected chi connectivity index (χ3v) is 4.55. The van der Waals surface area contributed by atoms with Crippen LogP contribution in [0.1, 0.15) is 47.0 Å². The Bertz CT molecular complexity index is 425. The van der Waals surface area contributed by atoms with E-state index >= 15 is 0 Å². The van der Waals surface area contributed by atoms with Crippen LogP contribution in [0, 0.1) is 0 Å². The van der Waals surface area contributed by atoms with E-state index in [2.05, 4.69) is 11.8 Å². The maximum absolute atomic E-state index is 12.8. The van der Waals surface area contributed by atoms with Crippen LogP contribution >= 0.6 is 0 Å². The molecule has 0 N–H and O–H groups in total. The molecule has 0 aromatic rings. The Balaban J connectivity index is 1.86. The number of carbonyl (C=O) groups excluding carboxylic acids is 2. The molecule has 2 fully saturated rings. The molecule has 2 aliphatic rings. The molecule has 2 saturated heterocycles. The molecule has 0 aromatic heterocycles. The molecule has 2 aliphatic heterocycles. The van der Waals surface area contributed by atoms with E-state index in [0.717, 1.165) is 25.9 Å². The van der Waals surface area contributed by atoms with Gasteiger partial charge < -0.3 is 14.5 Å². The van der Waals surface area contributed by atoms with Crippen molar-refractivity contribution in [2.75, 3.05) is 39.3 Å². The van der Waals surface area contributed by atoms with Crippen molar-refractivity contribution in [2.45, 2.75) is 58.6 Å². The first-order valence-corrected chi connectivity index (χ1v) is 8.82. The monoisotopic (exact) mass is 325 g/mol. The fourth-order valence-electron chi connectivity index (χ4n) is 3.30. The molecule has 0 radical (unpaired) electrons. The van der Waals surface area contributed by atoms with Crippen LogP contribution in [0.3, 0.4) is 0 Å². The molecule has 0 aliphatic carbocycles. The van der Waals surface area contributed by atoms with Crippen LogP contribution in [0.15, 0.2) is 0 Å². The summed E-state index contributed by atoms with van der Waals surface area (Å²) in [6.45, 7) is 12.0. The number of ether oxygens (including phenoxy) is 1. The molecule has 0 spiro atoms. The van der Waals surface area contributed by atoms with Crippen molar-refractivity contribution in [3.05, 3.63) is 0 Å². The Morgan fingerprint density at radius 3 is 2.17 bits per heavy atom. The number of likely N-dealkylation sites (N-methyl/N-ethyl adjacent to an activating group) is 1. The lowest BCUT2D eigenvalue weighted by atomic mass is 10.0. The van der Waals surface area contributed by atoms with Gasteiger partial charge in [0.05, 0.1) is 6.04 Å². The van der Waals surface area contributed by atoms with Crippen molar-refractivity contribution in [2.24, 2.45) is 0 Å². The van der Waals surface area contributed by atoms with Crippen molar-refractivity contribution in [1.82, 2.24) is 14.7 Å². The summed E-state index contributed by atoms with van der Waals surface area (Å²) in [4.78, 5) is 30.8. The Hall–Kier alpha value is -1.30. The normalized spacial score (nSPS) is 23.7. The predicted molar refractivity (Wildman–Crippen MR) is 89.3 cm³/mol. The highest BCUT2D eigenvalue weighted by atomic mass is 16.6. The summed E-state index contributed by atoms with van der Waals surface area (Å²) in [7, 11) is 0. The third-order valence-electron chi connectivity index (χ3n) is 4.55. The molecular weight excluding hydrogens is 294 g/mol. The average molecular weight is 325 g/mol. The van der Waals surface area contributed by atoms with Gasteiger partial charge in [0.2, 0.25) is 5.91 Å². The third kappa shape index (κ3) is 4.83. The van der Waals surface area contributed by atoms with E-state index in [9.17, 15) is 9.59 Å². The van der Waals surface area contributed by atoms with Gasteiger partial charge in [-0.15, -0.1) is 0 Å². The Morgan fingerprint density at radius 1 is 1.00 bits per heavy atom. The summed E-state index contributed by atoms with van der Waals surface area (Å²) in [6, 6.07) is 0.0295. The fourth-order valence-corrected chi connectivity index (χ4v) is 3.30. The first-order valence-electron chi connectivity index (χ1n) is 8.82. The van der Waals surface area contributed by atoms with Crippen LogP contribution < -0.4 is 0 Å². The standard InChI is InChI=1S/C17H31N3O3/c1-5-18-9-7-6-8-14(18)15(21)19-10-12-20(13-11-19)16(22)23-17(2,3)4/h14H,5-13H2,1-4H3. The lowest BCUT2D eigenvalue weighted by Crippen LogP contribution is -2.57. The molecular formula is C17H31N3O3. The zero-order valence-corrected chi connectivity index (χ0v) is 15.0. The van der Waals surface area contributed by atoms with Gasteiger partial charge in [-0.2, -0.15) is 0 Å². The molecule has 2 rings (SSSR count).